The molecule has 0 spiro atoms. The minimum atomic E-state index is -0.305. The average molecular weight is 329 g/mol. The topological polar surface area (TPSA) is 38.0 Å². The van der Waals surface area contributed by atoms with Crippen molar-refractivity contribution in [2.75, 3.05) is 38.5 Å². The van der Waals surface area contributed by atoms with Crippen molar-refractivity contribution in [3.05, 3.63) is 66.0 Å². The van der Waals surface area contributed by atoms with E-state index in [1.54, 1.807) is 12.1 Å². The summed E-state index contributed by atoms with van der Waals surface area (Å²) in [7, 11) is 2.19. The molecule has 1 heterocycles. The third kappa shape index (κ3) is 3.99. The van der Waals surface area contributed by atoms with E-state index >= 15 is 0 Å². The number of benzene rings is 2. The van der Waals surface area contributed by atoms with Crippen LogP contribution in [0.1, 0.15) is 11.6 Å². The van der Waals surface area contributed by atoms with Gasteiger partial charge < -0.3 is 15.1 Å². The molecule has 0 aromatic heterocycles. The lowest BCUT2D eigenvalue weighted by Crippen LogP contribution is -3.27. The quantitative estimate of drug-likeness (QED) is 0.721. The van der Waals surface area contributed by atoms with Gasteiger partial charge in [0.25, 0.3) is 5.91 Å². The molecule has 5 heteroatoms. The maximum atomic E-state index is 13.1. The maximum absolute atomic E-state index is 13.1. The Hall–Kier alpha value is -2.24. The van der Waals surface area contributed by atoms with Gasteiger partial charge in [0, 0.05) is 11.3 Å². The van der Waals surface area contributed by atoms with Crippen LogP contribution < -0.4 is 15.1 Å². The summed E-state index contributed by atoms with van der Waals surface area (Å²) in [5.41, 5.74) is 1.65. The van der Waals surface area contributed by atoms with Crippen molar-refractivity contribution < 1.29 is 19.0 Å². The van der Waals surface area contributed by atoms with Crippen molar-refractivity contribution in [1.29, 1.82) is 0 Å². The van der Waals surface area contributed by atoms with E-state index in [1.165, 1.54) is 21.9 Å². The van der Waals surface area contributed by atoms with E-state index in [-0.39, 0.29) is 17.8 Å². The van der Waals surface area contributed by atoms with Crippen LogP contribution in [0.2, 0.25) is 0 Å². The van der Waals surface area contributed by atoms with Crippen LogP contribution in [-0.4, -0.2) is 39.1 Å². The maximum Gasteiger partial charge on any atom is 0.287 e. The highest BCUT2D eigenvalue weighted by Gasteiger charge is 2.34. The molecule has 126 valence electrons. The molecule has 0 unspecified atom stereocenters. The summed E-state index contributed by atoms with van der Waals surface area (Å²) in [5.74, 6) is -0.345. The molecule has 0 radical (unpaired) electrons. The first-order valence-electron chi connectivity index (χ1n) is 8.41. The number of quaternary nitrogens is 2. The van der Waals surface area contributed by atoms with Crippen LogP contribution in [0.3, 0.4) is 0 Å². The van der Waals surface area contributed by atoms with Crippen molar-refractivity contribution in [1.82, 2.24) is 0 Å². The number of carbonyl (C=O) groups excluding carboxylic acids is 1. The number of hydrogen-bond donors (Lipinski definition) is 3. The number of nitrogens with one attached hydrogen (secondary N) is 3. The summed E-state index contributed by atoms with van der Waals surface area (Å²) in [6, 6.07) is 15.6. The number of rotatable bonds is 4. The fourth-order valence-electron chi connectivity index (χ4n) is 3.25. The van der Waals surface area contributed by atoms with Gasteiger partial charge in [0.1, 0.15) is 32.0 Å². The fourth-order valence-corrected chi connectivity index (χ4v) is 3.25. The van der Waals surface area contributed by atoms with E-state index in [4.69, 9.17) is 0 Å². The molecule has 24 heavy (non-hydrogen) atoms. The second kappa shape index (κ2) is 7.55. The van der Waals surface area contributed by atoms with Gasteiger partial charge in [-0.25, -0.2) is 4.39 Å². The molecule has 2 aromatic rings. The average Bonchev–Trinajstić information content (AvgIpc) is 2.60. The molecule has 2 aromatic carbocycles. The van der Waals surface area contributed by atoms with Gasteiger partial charge in [0.15, 0.2) is 6.04 Å². The molecule has 4 nitrogen and oxygen atoms in total. The van der Waals surface area contributed by atoms with Gasteiger partial charge in [-0.2, -0.15) is 0 Å². The van der Waals surface area contributed by atoms with E-state index in [9.17, 15) is 9.18 Å². The summed E-state index contributed by atoms with van der Waals surface area (Å²) in [4.78, 5) is 15.7. The van der Waals surface area contributed by atoms with E-state index < -0.39 is 0 Å². The molecule has 1 aliphatic rings. The number of halogens is 1. The predicted molar refractivity (Wildman–Crippen MR) is 91.5 cm³/mol. The fraction of sp³-hybridized carbons (Fsp3) is 0.316. The molecule has 3 rings (SSSR count). The molecule has 1 fully saturated rings. The van der Waals surface area contributed by atoms with Gasteiger partial charge >= 0.3 is 0 Å². The van der Waals surface area contributed by atoms with Crippen molar-refractivity contribution in [2.45, 2.75) is 6.04 Å². The Bertz CT molecular complexity index is 667. The van der Waals surface area contributed by atoms with Crippen molar-refractivity contribution in [2.24, 2.45) is 0 Å². The smallest absolute Gasteiger partial charge is 0.287 e. The van der Waals surface area contributed by atoms with Gasteiger partial charge in [-0.3, -0.25) is 4.79 Å². The molecule has 0 saturated carbocycles. The van der Waals surface area contributed by atoms with Crippen LogP contribution in [-0.2, 0) is 4.79 Å². The van der Waals surface area contributed by atoms with E-state index in [0.717, 1.165) is 31.7 Å². The molecule has 0 aliphatic carbocycles. The molecule has 1 atom stereocenters. The van der Waals surface area contributed by atoms with Crippen molar-refractivity contribution in [3.8, 4) is 0 Å². The lowest BCUT2D eigenvalue weighted by Gasteiger charge is -2.32. The zero-order chi connectivity index (χ0) is 16.9. The Labute approximate surface area is 141 Å². The largest absolute Gasteiger partial charge is 0.328 e. The summed E-state index contributed by atoms with van der Waals surface area (Å²) in [6.45, 7) is 4.04. The summed E-state index contributed by atoms with van der Waals surface area (Å²) >= 11 is 0. The number of amides is 1. The number of carbonyl (C=O) groups is 1. The van der Waals surface area contributed by atoms with Gasteiger partial charge in [-0.05, 0) is 24.3 Å². The van der Waals surface area contributed by atoms with Crippen LogP contribution in [0.15, 0.2) is 54.6 Å². The second-order valence-corrected chi connectivity index (χ2v) is 6.46. The van der Waals surface area contributed by atoms with Crippen LogP contribution in [0, 0.1) is 5.82 Å². The normalized spacial score (nSPS) is 21.9. The Balaban J connectivity index is 1.81. The van der Waals surface area contributed by atoms with Crippen molar-refractivity contribution in [3.63, 3.8) is 0 Å². The molecule has 0 bridgehead atoms. The van der Waals surface area contributed by atoms with Gasteiger partial charge in [-0.1, -0.05) is 30.3 Å². The summed E-state index contributed by atoms with van der Waals surface area (Å²) in [5, 5.41) is 2.94. The molecular weight excluding hydrogens is 305 g/mol. The van der Waals surface area contributed by atoms with Gasteiger partial charge in [-0.15, -0.1) is 0 Å². The molecule has 1 aliphatic heterocycles. The number of anilines is 1. The summed E-state index contributed by atoms with van der Waals surface area (Å²) < 4.78 is 13.1. The standard InChI is InChI=1S/C19H22FN3O/c1-22-11-13-23(14-12-22)18(15-5-3-2-4-6-15)19(24)21-17-9-7-16(20)8-10-17/h2-10,18H,11-14H2,1H3,(H,21,24)/p+2/t18-/m1/s1. The Morgan fingerprint density at radius 2 is 1.62 bits per heavy atom. The van der Waals surface area contributed by atoms with Crippen LogP contribution in [0.4, 0.5) is 10.1 Å². The molecule has 1 amide bonds. The third-order valence-corrected chi connectivity index (χ3v) is 4.66. The lowest BCUT2D eigenvalue weighted by atomic mass is 10.0. The third-order valence-electron chi connectivity index (χ3n) is 4.66. The molecule has 3 N–H and O–H groups in total. The van der Waals surface area contributed by atoms with E-state index in [0.29, 0.717) is 5.69 Å². The molecule has 1 saturated heterocycles. The van der Waals surface area contributed by atoms with Gasteiger partial charge in [0.05, 0.1) is 7.05 Å². The van der Waals surface area contributed by atoms with Gasteiger partial charge in [0.2, 0.25) is 0 Å². The minimum absolute atomic E-state index is 0.0395. The number of hydrogen-bond acceptors (Lipinski definition) is 1. The summed E-state index contributed by atoms with van der Waals surface area (Å²) in [6.07, 6.45) is 0. The molecular formula is C19H24FN3O+2. The zero-order valence-corrected chi connectivity index (χ0v) is 13.9. The monoisotopic (exact) mass is 329 g/mol. The Kier molecular flexibility index (Phi) is 5.23. The Morgan fingerprint density at radius 1 is 1.00 bits per heavy atom. The lowest BCUT2D eigenvalue weighted by molar-refractivity contribution is -1.01. The second-order valence-electron chi connectivity index (χ2n) is 6.46. The predicted octanol–water partition coefficient (Wildman–Crippen LogP) is -0.0813. The van der Waals surface area contributed by atoms with E-state index in [1.807, 2.05) is 30.3 Å². The first kappa shape index (κ1) is 16.6. The highest BCUT2D eigenvalue weighted by molar-refractivity contribution is 5.94. The van der Waals surface area contributed by atoms with Crippen LogP contribution in [0.5, 0.6) is 0 Å². The van der Waals surface area contributed by atoms with E-state index in [2.05, 4.69) is 12.4 Å². The van der Waals surface area contributed by atoms with Crippen LogP contribution >= 0.6 is 0 Å². The SMILES string of the molecule is C[NH+]1CC[NH+]([C@@H](C(=O)Nc2ccc(F)cc2)c2ccccc2)CC1. The zero-order valence-electron chi connectivity index (χ0n) is 13.9. The minimum Gasteiger partial charge on any atom is -0.328 e. The first-order chi connectivity index (χ1) is 11.6. The number of likely N-dealkylation sites (N-methyl/N-ethyl adjacent to an activating group) is 1. The highest BCUT2D eigenvalue weighted by Crippen LogP contribution is 2.14. The van der Waals surface area contributed by atoms with Crippen LogP contribution in [0.25, 0.3) is 0 Å². The Morgan fingerprint density at radius 3 is 2.25 bits per heavy atom. The first-order valence-corrected chi connectivity index (χ1v) is 8.41. The number of piperazine rings is 1. The van der Waals surface area contributed by atoms with Crippen molar-refractivity contribution >= 4 is 11.6 Å². The highest BCUT2D eigenvalue weighted by atomic mass is 19.1.